The highest BCUT2D eigenvalue weighted by molar-refractivity contribution is 5.57. The van der Waals surface area contributed by atoms with Crippen LogP contribution in [0.5, 0.6) is 0 Å². The molecule has 2 fully saturated rings. The zero-order chi connectivity index (χ0) is 20.1. The molecule has 2 aliphatic heterocycles. The maximum atomic E-state index is 12.6. The number of nitrogens with zero attached hydrogens (tertiary/aromatic N) is 5. The third kappa shape index (κ3) is 5.31. The fourth-order valence-corrected chi connectivity index (χ4v) is 4.75. The van der Waals surface area contributed by atoms with Crippen LogP contribution in [0.4, 0.5) is 0 Å². The van der Waals surface area contributed by atoms with Crippen LogP contribution in [0.2, 0.25) is 0 Å². The van der Waals surface area contributed by atoms with Crippen molar-refractivity contribution >= 4 is 0 Å². The Morgan fingerprint density at radius 3 is 2.59 bits per heavy atom. The largest absolute Gasteiger partial charge is 0.303 e. The topological polar surface area (TPSA) is 54.3 Å². The van der Waals surface area contributed by atoms with E-state index >= 15 is 0 Å². The maximum absolute atomic E-state index is 12.6. The van der Waals surface area contributed by atoms with Gasteiger partial charge in [-0.2, -0.15) is 0 Å². The average Bonchev–Trinajstić information content (AvgIpc) is 2.76. The molecular weight excluding hydrogens is 362 g/mol. The Kier molecular flexibility index (Phi) is 6.72. The van der Waals surface area contributed by atoms with Crippen molar-refractivity contribution in [3.05, 3.63) is 47.3 Å². The molecule has 2 saturated heterocycles. The summed E-state index contributed by atoms with van der Waals surface area (Å²) in [5.41, 5.74) is 1.69. The van der Waals surface area contributed by atoms with Crippen LogP contribution >= 0.6 is 0 Å². The van der Waals surface area contributed by atoms with Gasteiger partial charge in [0.25, 0.3) is 5.56 Å². The lowest BCUT2D eigenvalue weighted by Crippen LogP contribution is -2.41. The van der Waals surface area contributed by atoms with Gasteiger partial charge in [0.2, 0.25) is 0 Å². The zero-order valence-corrected chi connectivity index (χ0v) is 17.5. The Morgan fingerprint density at radius 1 is 1.07 bits per heavy atom. The molecule has 1 atom stereocenters. The predicted molar refractivity (Wildman–Crippen MR) is 116 cm³/mol. The molecule has 6 heteroatoms. The van der Waals surface area contributed by atoms with Crippen LogP contribution in [0.25, 0.3) is 11.3 Å². The lowest BCUT2D eigenvalue weighted by atomic mass is 9.95. The summed E-state index contributed by atoms with van der Waals surface area (Å²) in [7, 11) is 2.28. The second-order valence-corrected chi connectivity index (χ2v) is 8.70. The third-order valence-corrected chi connectivity index (χ3v) is 6.72. The van der Waals surface area contributed by atoms with E-state index in [-0.39, 0.29) is 5.56 Å². The van der Waals surface area contributed by atoms with Gasteiger partial charge in [0, 0.05) is 36.6 Å². The summed E-state index contributed by atoms with van der Waals surface area (Å²) in [6, 6.07) is 6.18. The number of hydrogen-bond donors (Lipinski definition) is 0. The van der Waals surface area contributed by atoms with Crippen LogP contribution in [-0.4, -0.2) is 63.6 Å². The van der Waals surface area contributed by atoms with Crippen LogP contribution in [0, 0.1) is 5.92 Å². The Labute approximate surface area is 173 Å². The molecule has 4 heterocycles. The van der Waals surface area contributed by atoms with Gasteiger partial charge in [0.1, 0.15) is 0 Å². The van der Waals surface area contributed by atoms with E-state index in [0.717, 1.165) is 36.9 Å². The molecule has 4 rings (SSSR count). The van der Waals surface area contributed by atoms with E-state index in [1.165, 1.54) is 51.6 Å². The van der Waals surface area contributed by atoms with Crippen molar-refractivity contribution in [2.45, 2.75) is 51.1 Å². The molecule has 156 valence electrons. The number of piperidine rings is 2. The summed E-state index contributed by atoms with van der Waals surface area (Å²) in [4.78, 5) is 26.2. The van der Waals surface area contributed by atoms with Crippen LogP contribution < -0.4 is 5.56 Å². The minimum Gasteiger partial charge on any atom is -0.303 e. The Balaban J connectivity index is 1.26. The van der Waals surface area contributed by atoms with Crippen molar-refractivity contribution < 1.29 is 0 Å². The van der Waals surface area contributed by atoms with Gasteiger partial charge in [-0.1, -0.05) is 6.42 Å². The number of pyridine rings is 1. The highest BCUT2D eigenvalue weighted by Gasteiger charge is 2.23. The monoisotopic (exact) mass is 395 g/mol. The molecule has 2 aromatic heterocycles. The first-order valence-electron chi connectivity index (χ1n) is 11.1. The molecule has 0 spiro atoms. The van der Waals surface area contributed by atoms with Crippen molar-refractivity contribution in [1.82, 2.24) is 24.3 Å². The SMILES string of the molecule is CN1CCCCC1CCN1CCC(Cn2cnc(-c3ccncc3)cc2=O)CC1. The molecule has 29 heavy (non-hydrogen) atoms. The lowest BCUT2D eigenvalue weighted by molar-refractivity contribution is 0.130. The molecule has 6 nitrogen and oxygen atoms in total. The fraction of sp³-hybridized carbons (Fsp3) is 0.609. The van der Waals surface area contributed by atoms with Gasteiger partial charge >= 0.3 is 0 Å². The molecule has 0 aliphatic carbocycles. The first-order valence-corrected chi connectivity index (χ1v) is 11.1. The van der Waals surface area contributed by atoms with Gasteiger partial charge in [-0.15, -0.1) is 0 Å². The van der Waals surface area contributed by atoms with E-state index in [2.05, 4.69) is 26.8 Å². The van der Waals surface area contributed by atoms with E-state index in [1.54, 1.807) is 29.4 Å². The van der Waals surface area contributed by atoms with Crippen molar-refractivity contribution in [1.29, 1.82) is 0 Å². The molecule has 0 saturated carbocycles. The van der Waals surface area contributed by atoms with E-state index in [1.807, 2.05) is 12.1 Å². The summed E-state index contributed by atoms with van der Waals surface area (Å²) in [6.07, 6.45) is 12.9. The van der Waals surface area contributed by atoms with E-state index in [0.29, 0.717) is 5.92 Å². The van der Waals surface area contributed by atoms with Crippen LogP contribution in [0.3, 0.4) is 0 Å². The molecule has 2 aliphatic rings. The van der Waals surface area contributed by atoms with E-state index in [4.69, 9.17) is 0 Å². The van der Waals surface area contributed by atoms with Crippen molar-refractivity contribution in [3.8, 4) is 11.3 Å². The summed E-state index contributed by atoms with van der Waals surface area (Å²) in [5, 5.41) is 0. The van der Waals surface area contributed by atoms with Gasteiger partial charge in [0.05, 0.1) is 12.0 Å². The average molecular weight is 396 g/mol. The first-order chi connectivity index (χ1) is 14.2. The van der Waals surface area contributed by atoms with Gasteiger partial charge < -0.3 is 9.80 Å². The number of likely N-dealkylation sites (tertiary alicyclic amines) is 2. The first kappa shape index (κ1) is 20.2. The molecule has 0 N–H and O–H groups in total. The van der Waals surface area contributed by atoms with Crippen LogP contribution in [0.1, 0.15) is 38.5 Å². The molecule has 1 unspecified atom stereocenters. The van der Waals surface area contributed by atoms with E-state index in [9.17, 15) is 4.79 Å². The second kappa shape index (κ2) is 9.63. The van der Waals surface area contributed by atoms with Gasteiger partial charge in [-0.25, -0.2) is 4.98 Å². The minimum absolute atomic E-state index is 0.0366. The normalized spacial score (nSPS) is 22.0. The van der Waals surface area contributed by atoms with Crippen molar-refractivity contribution in [3.63, 3.8) is 0 Å². The van der Waals surface area contributed by atoms with Crippen molar-refractivity contribution in [2.24, 2.45) is 5.92 Å². The highest BCUT2D eigenvalue weighted by atomic mass is 16.1. The summed E-state index contributed by atoms with van der Waals surface area (Å²) in [6.45, 7) is 5.55. The quantitative estimate of drug-likeness (QED) is 0.753. The summed E-state index contributed by atoms with van der Waals surface area (Å²) in [5.74, 6) is 0.565. The van der Waals surface area contributed by atoms with Crippen molar-refractivity contribution in [2.75, 3.05) is 33.2 Å². The minimum atomic E-state index is 0.0366. The number of rotatable bonds is 6. The lowest BCUT2D eigenvalue weighted by Gasteiger charge is -2.36. The summed E-state index contributed by atoms with van der Waals surface area (Å²) < 4.78 is 1.78. The molecule has 0 amide bonds. The van der Waals surface area contributed by atoms with Gasteiger partial charge in [0.15, 0.2) is 0 Å². The Hall–Kier alpha value is -2.05. The molecular formula is C23H33N5O. The van der Waals surface area contributed by atoms with Gasteiger partial charge in [-0.3, -0.25) is 14.3 Å². The molecule has 2 aromatic rings. The smallest absolute Gasteiger partial charge is 0.253 e. The standard InChI is InChI=1S/C23H33N5O/c1-26-12-3-2-4-21(26)9-15-27-13-7-19(8-14-27)17-28-18-25-22(16-23(28)29)20-5-10-24-11-6-20/h5-6,10-11,16,18-19,21H,2-4,7-9,12-15,17H2,1H3. The second-order valence-electron chi connectivity index (χ2n) is 8.70. The predicted octanol–water partition coefficient (Wildman–Crippen LogP) is 2.89. The Morgan fingerprint density at radius 2 is 1.86 bits per heavy atom. The third-order valence-electron chi connectivity index (χ3n) is 6.72. The fourth-order valence-electron chi connectivity index (χ4n) is 4.75. The molecule has 0 aromatic carbocycles. The maximum Gasteiger partial charge on any atom is 0.253 e. The summed E-state index contributed by atoms with van der Waals surface area (Å²) >= 11 is 0. The number of hydrogen-bond acceptors (Lipinski definition) is 5. The zero-order valence-electron chi connectivity index (χ0n) is 17.5. The van der Waals surface area contributed by atoms with Crippen LogP contribution in [-0.2, 0) is 6.54 Å². The van der Waals surface area contributed by atoms with Crippen LogP contribution in [0.15, 0.2) is 41.7 Å². The van der Waals surface area contributed by atoms with Gasteiger partial charge in [-0.05, 0) is 83.4 Å². The number of aromatic nitrogens is 3. The molecule has 0 radical (unpaired) electrons. The van der Waals surface area contributed by atoms with E-state index < -0.39 is 0 Å². The molecule has 0 bridgehead atoms. The Bertz CT molecular complexity index is 829. The highest BCUT2D eigenvalue weighted by Crippen LogP contribution is 2.22.